The minimum Gasteiger partial charge on any atom is -0.465 e. The molecular weight excluding hydrogens is 428 g/mol. The lowest BCUT2D eigenvalue weighted by Crippen LogP contribution is -2.52. The van der Waals surface area contributed by atoms with Crippen molar-refractivity contribution in [2.45, 2.75) is 58.9 Å². The van der Waals surface area contributed by atoms with Gasteiger partial charge in [-0.25, -0.2) is 0 Å². The number of ether oxygens (including phenoxy) is 1. The maximum Gasteiger partial charge on any atom is 0.318 e. The molecule has 0 aromatic heterocycles. The smallest absolute Gasteiger partial charge is 0.318 e. The van der Waals surface area contributed by atoms with Crippen LogP contribution >= 0.6 is 0 Å². The summed E-state index contributed by atoms with van der Waals surface area (Å²) in [4.78, 5) is 41.4. The molecule has 1 aliphatic heterocycles. The first-order valence-electron chi connectivity index (χ1n) is 12.4. The van der Waals surface area contributed by atoms with Crippen LogP contribution in [0, 0.1) is 11.3 Å². The first-order valence-corrected chi connectivity index (χ1v) is 12.4. The van der Waals surface area contributed by atoms with Crippen LogP contribution in [-0.4, -0.2) is 35.8 Å². The van der Waals surface area contributed by atoms with Crippen LogP contribution in [0.2, 0.25) is 0 Å². The van der Waals surface area contributed by atoms with Crippen molar-refractivity contribution in [2.24, 2.45) is 11.3 Å². The quantitative estimate of drug-likeness (QED) is 0.432. The van der Waals surface area contributed by atoms with E-state index in [1.165, 1.54) is 0 Å². The summed E-state index contributed by atoms with van der Waals surface area (Å²) in [6.07, 6.45) is 5.63. The summed E-state index contributed by atoms with van der Waals surface area (Å²) in [7, 11) is 0. The number of unbranched alkanes of at least 4 members (excludes halogenated alkanes) is 1. The van der Waals surface area contributed by atoms with Crippen LogP contribution in [0.1, 0.15) is 57.9 Å². The van der Waals surface area contributed by atoms with E-state index in [1.807, 2.05) is 30.3 Å². The molecule has 1 fully saturated rings. The van der Waals surface area contributed by atoms with Gasteiger partial charge in [-0.15, -0.1) is 0 Å². The van der Waals surface area contributed by atoms with Gasteiger partial charge in [-0.3, -0.25) is 14.4 Å². The Bertz CT molecular complexity index is 1100. The maximum atomic E-state index is 13.7. The van der Waals surface area contributed by atoms with E-state index in [0.717, 1.165) is 34.9 Å². The fourth-order valence-electron chi connectivity index (χ4n) is 5.38. The molecule has 0 spiro atoms. The van der Waals surface area contributed by atoms with Gasteiger partial charge in [0, 0.05) is 24.6 Å². The first kappa shape index (κ1) is 24.0. The molecule has 0 bridgehead atoms. The lowest BCUT2D eigenvalue weighted by Gasteiger charge is -2.44. The zero-order valence-electron chi connectivity index (χ0n) is 20.1. The van der Waals surface area contributed by atoms with Crippen molar-refractivity contribution in [2.75, 3.05) is 13.2 Å². The van der Waals surface area contributed by atoms with Crippen LogP contribution in [0.4, 0.5) is 0 Å². The normalized spacial score (nSPS) is 21.8. The molecular formula is C28H34N2O4. The van der Waals surface area contributed by atoms with Crippen molar-refractivity contribution in [3.63, 3.8) is 0 Å². The molecule has 0 radical (unpaired) electrons. The van der Waals surface area contributed by atoms with Gasteiger partial charge in [0.2, 0.25) is 11.8 Å². The Morgan fingerprint density at radius 1 is 1.15 bits per heavy atom. The Balaban J connectivity index is 1.67. The third kappa shape index (κ3) is 4.59. The molecule has 2 amide bonds. The number of nitrogens with one attached hydrogen (secondary N) is 1. The molecule has 0 saturated carbocycles. The average Bonchev–Trinajstić information content (AvgIpc) is 3.27. The molecule has 34 heavy (non-hydrogen) atoms. The summed E-state index contributed by atoms with van der Waals surface area (Å²) < 4.78 is 5.50. The molecule has 2 atom stereocenters. The summed E-state index contributed by atoms with van der Waals surface area (Å²) >= 11 is 0. The van der Waals surface area contributed by atoms with E-state index in [-0.39, 0.29) is 30.8 Å². The second kappa shape index (κ2) is 10.4. The summed E-state index contributed by atoms with van der Waals surface area (Å²) in [5.41, 5.74) is 0.889. The van der Waals surface area contributed by atoms with Gasteiger partial charge in [-0.2, -0.15) is 0 Å². The number of allylic oxidation sites excluding steroid dienone is 1. The van der Waals surface area contributed by atoms with E-state index < -0.39 is 11.3 Å². The van der Waals surface area contributed by atoms with Crippen molar-refractivity contribution in [3.05, 3.63) is 59.8 Å². The number of nitrogens with zero attached hydrogens (tertiary/aromatic N) is 1. The van der Waals surface area contributed by atoms with Gasteiger partial charge in [0.05, 0.1) is 13.2 Å². The number of benzene rings is 2. The number of likely N-dealkylation sites (tertiary alicyclic amines) is 1. The lowest BCUT2D eigenvalue weighted by molar-refractivity contribution is -0.161. The van der Waals surface area contributed by atoms with Gasteiger partial charge >= 0.3 is 5.97 Å². The standard InChI is InChI=1S/C28H34N2O4/c1-3-5-16-29-25(31)17-22-18-28(27(33)34-4-2)15-9-14-24(28)30(26(22)32)19-21-12-8-11-20-10-6-7-13-23(20)21/h6-8,10-14,22H,3-5,9,15-19H2,1-2H3,(H,29,31)/t22-,28+/m1/s1. The highest BCUT2D eigenvalue weighted by Gasteiger charge is 2.55. The summed E-state index contributed by atoms with van der Waals surface area (Å²) in [5.74, 6) is -1.07. The number of piperidine rings is 1. The highest BCUT2D eigenvalue weighted by atomic mass is 16.5. The number of carbonyl (C=O) groups is 3. The van der Waals surface area contributed by atoms with Gasteiger partial charge in [-0.05, 0) is 48.9 Å². The predicted molar refractivity (Wildman–Crippen MR) is 132 cm³/mol. The van der Waals surface area contributed by atoms with Gasteiger partial charge in [0.1, 0.15) is 5.41 Å². The Kier molecular flexibility index (Phi) is 7.35. The highest BCUT2D eigenvalue weighted by molar-refractivity contribution is 5.93. The largest absolute Gasteiger partial charge is 0.465 e. The third-order valence-electron chi connectivity index (χ3n) is 7.06. The van der Waals surface area contributed by atoms with Gasteiger partial charge in [0.25, 0.3) is 0 Å². The first-order chi connectivity index (χ1) is 16.5. The molecule has 2 aromatic carbocycles. The topological polar surface area (TPSA) is 75.7 Å². The zero-order chi connectivity index (χ0) is 24.1. The molecule has 2 aliphatic rings. The Hall–Kier alpha value is -3.15. The fraction of sp³-hybridized carbons (Fsp3) is 0.464. The van der Waals surface area contributed by atoms with Gasteiger partial charge in [0.15, 0.2) is 0 Å². The number of esters is 1. The Morgan fingerprint density at radius 3 is 2.74 bits per heavy atom. The summed E-state index contributed by atoms with van der Waals surface area (Å²) in [5, 5.41) is 5.11. The molecule has 1 heterocycles. The van der Waals surface area contributed by atoms with E-state index in [0.29, 0.717) is 32.4 Å². The number of rotatable bonds is 9. The molecule has 4 rings (SSSR count). The minimum absolute atomic E-state index is 0.0863. The third-order valence-corrected chi connectivity index (χ3v) is 7.06. The molecule has 2 aromatic rings. The van der Waals surface area contributed by atoms with Crippen LogP contribution in [0.15, 0.2) is 54.2 Å². The molecule has 6 nitrogen and oxygen atoms in total. The van der Waals surface area contributed by atoms with Crippen LogP contribution < -0.4 is 5.32 Å². The molecule has 1 saturated heterocycles. The fourth-order valence-corrected chi connectivity index (χ4v) is 5.38. The van der Waals surface area contributed by atoms with Crippen LogP contribution in [-0.2, 0) is 25.7 Å². The van der Waals surface area contributed by atoms with Gasteiger partial charge in [-0.1, -0.05) is 61.9 Å². The van der Waals surface area contributed by atoms with E-state index in [9.17, 15) is 14.4 Å². The number of carbonyl (C=O) groups excluding carboxylic acids is 3. The number of fused-ring (bicyclic) bond motifs is 2. The van der Waals surface area contributed by atoms with E-state index in [1.54, 1.807) is 11.8 Å². The van der Waals surface area contributed by atoms with Crippen molar-refractivity contribution in [1.82, 2.24) is 10.2 Å². The summed E-state index contributed by atoms with van der Waals surface area (Å²) in [6.45, 7) is 5.12. The minimum atomic E-state index is -0.872. The molecule has 1 N–H and O–H groups in total. The van der Waals surface area contributed by atoms with Crippen molar-refractivity contribution < 1.29 is 19.1 Å². The monoisotopic (exact) mass is 462 g/mol. The zero-order valence-corrected chi connectivity index (χ0v) is 20.1. The lowest BCUT2D eigenvalue weighted by atomic mass is 9.71. The second-order valence-electron chi connectivity index (χ2n) is 9.30. The Labute approximate surface area is 201 Å². The molecule has 1 aliphatic carbocycles. The van der Waals surface area contributed by atoms with Crippen LogP contribution in [0.5, 0.6) is 0 Å². The van der Waals surface area contributed by atoms with Crippen molar-refractivity contribution in [1.29, 1.82) is 0 Å². The molecule has 0 unspecified atom stereocenters. The average molecular weight is 463 g/mol. The highest BCUT2D eigenvalue weighted by Crippen LogP contribution is 2.51. The van der Waals surface area contributed by atoms with Crippen LogP contribution in [0.3, 0.4) is 0 Å². The van der Waals surface area contributed by atoms with E-state index in [2.05, 4.69) is 30.4 Å². The molecule has 180 valence electrons. The number of amides is 2. The van der Waals surface area contributed by atoms with E-state index in [4.69, 9.17) is 4.74 Å². The number of hydrogen-bond acceptors (Lipinski definition) is 4. The predicted octanol–water partition coefficient (Wildman–Crippen LogP) is 4.72. The SMILES string of the molecule is CCCCNC(=O)C[C@@H]1C[C@@]2(C(=O)OCC)CCC=C2N(Cc2cccc3ccccc23)C1=O. The van der Waals surface area contributed by atoms with Crippen LogP contribution in [0.25, 0.3) is 10.8 Å². The summed E-state index contributed by atoms with van der Waals surface area (Å²) in [6, 6.07) is 14.2. The van der Waals surface area contributed by atoms with E-state index >= 15 is 0 Å². The maximum absolute atomic E-state index is 13.7. The second-order valence-corrected chi connectivity index (χ2v) is 9.30. The molecule has 6 heteroatoms. The van der Waals surface area contributed by atoms with Crippen molar-refractivity contribution >= 4 is 28.6 Å². The van der Waals surface area contributed by atoms with Gasteiger partial charge < -0.3 is 15.0 Å². The Morgan fingerprint density at radius 2 is 1.94 bits per heavy atom. The van der Waals surface area contributed by atoms with Crippen molar-refractivity contribution in [3.8, 4) is 0 Å². The number of hydrogen-bond donors (Lipinski definition) is 1.